The second-order valence-corrected chi connectivity index (χ2v) is 6.14. The third-order valence-corrected chi connectivity index (χ3v) is 4.46. The number of halogens is 1. The minimum atomic E-state index is -0.245. The van der Waals surface area contributed by atoms with E-state index in [9.17, 15) is 9.90 Å². The molecule has 0 bridgehead atoms. The van der Waals surface area contributed by atoms with Gasteiger partial charge in [-0.3, -0.25) is 9.78 Å². The van der Waals surface area contributed by atoms with Crippen LogP contribution in [0.4, 0.5) is 0 Å². The summed E-state index contributed by atoms with van der Waals surface area (Å²) in [5.41, 5.74) is 1.69. The van der Waals surface area contributed by atoms with Gasteiger partial charge >= 0.3 is 0 Å². The van der Waals surface area contributed by atoms with Crippen LogP contribution in [-0.4, -0.2) is 27.9 Å². The van der Waals surface area contributed by atoms with Gasteiger partial charge in [0.2, 0.25) is 0 Å². The lowest BCUT2D eigenvalue weighted by Crippen LogP contribution is -2.26. The Hall–Kier alpha value is -2.40. The van der Waals surface area contributed by atoms with Crippen molar-refractivity contribution < 1.29 is 9.90 Å². The molecule has 0 radical (unpaired) electrons. The standard InChI is InChI=1S/C18H15BrN2O2/c1-21(11-13-5-2-3-7-15(13)19)18(23)14-9-8-12-6-4-10-20-16(12)17(14)22/h2-10,22H,11H2,1H3. The van der Waals surface area contributed by atoms with Crippen molar-refractivity contribution >= 4 is 32.7 Å². The fraction of sp³-hybridized carbons (Fsp3) is 0.111. The summed E-state index contributed by atoms with van der Waals surface area (Å²) in [7, 11) is 1.71. The first-order valence-electron chi connectivity index (χ1n) is 7.13. The van der Waals surface area contributed by atoms with E-state index in [0.717, 1.165) is 15.4 Å². The lowest BCUT2D eigenvalue weighted by Gasteiger charge is -2.19. The molecule has 1 aromatic heterocycles. The maximum atomic E-state index is 12.6. The number of pyridine rings is 1. The molecule has 0 spiro atoms. The van der Waals surface area contributed by atoms with Crippen LogP contribution in [-0.2, 0) is 6.54 Å². The number of aromatic hydroxyl groups is 1. The minimum Gasteiger partial charge on any atom is -0.505 e. The molecule has 1 heterocycles. The van der Waals surface area contributed by atoms with Crippen LogP contribution in [0, 0.1) is 0 Å². The highest BCUT2D eigenvalue weighted by molar-refractivity contribution is 9.10. The summed E-state index contributed by atoms with van der Waals surface area (Å²) in [6.45, 7) is 0.444. The molecule has 0 fully saturated rings. The number of fused-ring (bicyclic) bond motifs is 1. The Labute approximate surface area is 142 Å². The Bertz CT molecular complexity index is 880. The van der Waals surface area contributed by atoms with Gasteiger partial charge in [0.1, 0.15) is 5.52 Å². The van der Waals surface area contributed by atoms with Crippen molar-refractivity contribution in [3.63, 3.8) is 0 Å². The van der Waals surface area contributed by atoms with Gasteiger partial charge in [0.15, 0.2) is 5.75 Å². The Morgan fingerprint density at radius 2 is 1.96 bits per heavy atom. The molecule has 0 atom stereocenters. The van der Waals surface area contributed by atoms with Crippen LogP contribution in [0.1, 0.15) is 15.9 Å². The molecule has 0 saturated heterocycles. The van der Waals surface area contributed by atoms with Crippen LogP contribution >= 0.6 is 15.9 Å². The van der Waals surface area contributed by atoms with E-state index in [-0.39, 0.29) is 17.2 Å². The van der Waals surface area contributed by atoms with E-state index in [2.05, 4.69) is 20.9 Å². The van der Waals surface area contributed by atoms with Gasteiger partial charge in [0, 0.05) is 29.6 Å². The highest BCUT2D eigenvalue weighted by Gasteiger charge is 2.18. The summed E-state index contributed by atoms with van der Waals surface area (Å²) >= 11 is 3.48. The van der Waals surface area contributed by atoms with Crippen molar-refractivity contribution in [1.29, 1.82) is 0 Å². The lowest BCUT2D eigenvalue weighted by molar-refractivity contribution is 0.0782. The van der Waals surface area contributed by atoms with Gasteiger partial charge in [0.25, 0.3) is 5.91 Å². The molecule has 23 heavy (non-hydrogen) atoms. The van der Waals surface area contributed by atoms with Gasteiger partial charge in [0.05, 0.1) is 5.56 Å². The molecule has 0 aliphatic carbocycles. The highest BCUT2D eigenvalue weighted by Crippen LogP contribution is 2.28. The molecule has 2 aromatic carbocycles. The fourth-order valence-corrected chi connectivity index (χ4v) is 2.87. The third-order valence-electron chi connectivity index (χ3n) is 3.69. The van der Waals surface area contributed by atoms with Crippen molar-refractivity contribution in [2.24, 2.45) is 0 Å². The van der Waals surface area contributed by atoms with E-state index in [4.69, 9.17) is 0 Å². The number of hydrogen-bond donors (Lipinski definition) is 1. The number of benzene rings is 2. The Kier molecular flexibility index (Phi) is 4.30. The van der Waals surface area contributed by atoms with E-state index in [1.54, 1.807) is 36.3 Å². The number of carbonyl (C=O) groups is 1. The van der Waals surface area contributed by atoms with E-state index < -0.39 is 0 Å². The van der Waals surface area contributed by atoms with Gasteiger partial charge < -0.3 is 10.0 Å². The first-order chi connectivity index (χ1) is 11.1. The number of aromatic nitrogens is 1. The average Bonchev–Trinajstić information content (AvgIpc) is 2.57. The minimum absolute atomic E-state index is 0.0768. The number of rotatable bonds is 3. The monoisotopic (exact) mass is 370 g/mol. The first-order valence-corrected chi connectivity index (χ1v) is 7.93. The molecule has 4 nitrogen and oxygen atoms in total. The fourth-order valence-electron chi connectivity index (χ4n) is 2.46. The zero-order valence-corrected chi connectivity index (χ0v) is 14.1. The van der Waals surface area contributed by atoms with Crippen molar-refractivity contribution in [2.75, 3.05) is 7.05 Å². The van der Waals surface area contributed by atoms with Crippen LogP contribution in [0.25, 0.3) is 10.9 Å². The predicted octanol–water partition coefficient (Wildman–Crippen LogP) is 3.98. The largest absolute Gasteiger partial charge is 0.505 e. The molecular weight excluding hydrogens is 356 g/mol. The van der Waals surface area contributed by atoms with Gasteiger partial charge in [-0.25, -0.2) is 0 Å². The van der Waals surface area contributed by atoms with Crippen LogP contribution < -0.4 is 0 Å². The number of phenolic OH excluding ortho intramolecular Hbond substituents is 1. The Morgan fingerprint density at radius 1 is 1.17 bits per heavy atom. The maximum Gasteiger partial charge on any atom is 0.257 e. The maximum absolute atomic E-state index is 12.6. The lowest BCUT2D eigenvalue weighted by atomic mass is 10.1. The zero-order valence-electron chi connectivity index (χ0n) is 12.5. The van der Waals surface area contributed by atoms with Crippen molar-refractivity contribution in [3.8, 4) is 5.75 Å². The van der Waals surface area contributed by atoms with Crippen molar-refractivity contribution in [2.45, 2.75) is 6.54 Å². The van der Waals surface area contributed by atoms with E-state index >= 15 is 0 Å². The summed E-state index contributed by atoms with van der Waals surface area (Å²) in [4.78, 5) is 18.4. The summed E-state index contributed by atoms with van der Waals surface area (Å²) in [6, 6.07) is 14.8. The second-order valence-electron chi connectivity index (χ2n) is 5.29. The smallest absolute Gasteiger partial charge is 0.257 e. The molecular formula is C18H15BrN2O2. The van der Waals surface area contributed by atoms with Crippen molar-refractivity contribution in [1.82, 2.24) is 9.88 Å². The Balaban J connectivity index is 1.91. The second kappa shape index (κ2) is 6.38. The molecule has 0 aliphatic heterocycles. The molecule has 3 rings (SSSR count). The average molecular weight is 371 g/mol. The third kappa shape index (κ3) is 3.05. The van der Waals surface area contributed by atoms with Crippen LogP contribution in [0.3, 0.4) is 0 Å². The number of amides is 1. The number of carbonyl (C=O) groups excluding carboxylic acids is 1. The van der Waals surface area contributed by atoms with E-state index in [0.29, 0.717) is 12.1 Å². The van der Waals surface area contributed by atoms with Gasteiger partial charge in [-0.05, 0) is 23.8 Å². The quantitative estimate of drug-likeness (QED) is 0.758. The SMILES string of the molecule is CN(Cc1ccccc1Br)C(=O)c1ccc2cccnc2c1O. The summed E-state index contributed by atoms with van der Waals surface area (Å²) in [5, 5.41) is 11.2. The summed E-state index contributed by atoms with van der Waals surface area (Å²) in [6.07, 6.45) is 1.60. The molecule has 0 unspecified atom stereocenters. The number of phenols is 1. The number of nitrogens with zero attached hydrogens (tertiary/aromatic N) is 2. The van der Waals surface area contributed by atoms with Crippen molar-refractivity contribution in [3.05, 3.63) is 70.3 Å². The molecule has 0 aliphatic rings. The molecule has 5 heteroatoms. The molecule has 3 aromatic rings. The topological polar surface area (TPSA) is 53.4 Å². The first kappa shape index (κ1) is 15.5. The molecule has 1 amide bonds. The highest BCUT2D eigenvalue weighted by atomic mass is 79.9. The van der Waals surface area contributed by atoms with Gasteiger partial charge in [-0.15, -0.1) is 0 Å². The molecule has 116 valence electrons. The van der Waals surface area contributed by atoms with Gasteiger partial charge in [-0.1, -0.05) is 46.3 Å². The molecule has 0 saturated carbocycles. The molecule has 1 N–H and O–H groups in total. The van der Waals surface area contributed by atoms with Crippen LogP contribution in [0.2, 0.25) is 0 Å². The van der Waals surface area contributed by atoms with Crippen LogP contribution in [0.15, 0.2) is 59.2 Å². The summed E-state index contributed by atoms with van der Waals surface area (Å²) in [5.74, 6) is -0.321. The number of hydrogen-bond acceptors (Lipinski definition) is 3. The van der Waals surface area contributed by atoms with Gasteiger partial charge in [-0.2, -0.15) is 0 Å². The normalized spacial score (nSPS) is 10.7. The Morgan fingerprint density at radius 3 is 2.74 bits per heavy atom. The predicted molar refractivity (Wildman–Crippen MR) is 93.3 cm³/mol. The van der Waals surface area contributed by atoms with E-state index in [1.165, 1.54) is 0 Å². The van der Waals surface area contributed by atoms with E-state index in [1.807, 2.05) is 30.3 Å². The van der Waals surface area contributed by atoms with Crippen LogP contribution in [0.5, 0.6) is 5.75 Å². The zero-order chi connectivity index (χ0) is 16.4. The summed E-state index contributed by atoms with van der Waals surface area (Å²) < 4.78 is 0.948.